The zero-order chi connectivity index (χ0) is 16.4. The van der Waals surface area contributed by atoms with Gasteiger partial charge in [-0.3, -0.25) is 4.79 Å². The maximum Gasteiger partial charge on any atom is 0.417 e. The van der Waals surface area contributed by atoms with E-state index in [1.807, 2.05) is 31.2 Å². The summed E-state index contributed by atoms with van der Waals surface area (Å²) in [5.74, 6) is -0.0113. The molecule has 0 atom stereocenters. The largest absolute Gasteiger partial charge is 0.417 e. The monoisotopic (exact) mass is 333 g/mol. The predicted octanol–water partition coefficient (Wildman–Crippen LogP) is 3.00. The number of carbonyl (C=O) groups is 1. The fraction of sp³-hybridized carbons (Fsp3) is 0.533. The number of carbonyl (C=O) groups excluding carboxylic acids is 1. The summed E-state index contributed by atoms with van der Waals surface area (Å²) in [6.45, 7) is 1.84. The molecule has 22 heavy (non-hydrogen) atoms. The molecule has 0 spiro atoms. The lowest BCUT2D eigenvalue weighted by Crippen LogP contribution is -2.54. The molecule has 0 aromatic heterocycles. The van der Waals surface area contributed by atoms with Crippen molar-refractivity contribution in [2.24, 2.45) is 0 Å². The number of halogens is 3. The van der Waals surface area contributed by atoms with Gasteiger partial charge in [-0.15, -0.1) is 11.8 Å². The van der Waals surface area contributed by atoms with Crippen LogP contribution in [-0.4, -0.2) is 46.5 Å². The van der Waals surface area contributed by atoms with Gasteiger partial charge in [-0.2, -0.15) is 13.2 Å². The summed E-state index contributed by atoms with van der Waals surface area (Å²) in [6.07, 6.45) is -5.56. The Morgan fingerprint density at radius 1 is 1.27 bits per heavy atom. The van der Waals surface area contributed by atoms with Crippen LogP contribution in [0.1, 0.15) is 18.4 Å². The van der Waals surface area contributed by atoms with Gasteiger partial charge < -0.3 is 10.0 Å². The minimum Gasteiger partial charge on any atom is -0.380 e. The lowest BCUT2D eigenvalue weighted by molar-refractivity contribution is -0.272. The Balaban J connectivity index is 1.84. The molecule has 2 rings (SSSR count). The zero-order valence-corrected chi connectivity index (χ0v) is 13.0. The number of thioether (sulfide) groups is 1. The van der Waals surface area contributed by atoms with Crippen LogP contribution < -0.4 is 0 Å². The number of hydrogen-bond acceptors (Lipinski definition) is 3. The number of alkyl halides is 3. The Morgan fingerprint density at radius 2 is 1.82 bits per heavy atom. The number of benzene rings is 1. The standard InChI is InChI=1S/C15H18F3NO2S/c1-11-2-4-12(5-3-11)22-10-13(20)19-8-6-14(21,7-9-19)15(16,17)18/h2-5,21H,6-10H2,1H3. The van der Waals surface area contributed by atoms with Crippen LogP contribution in [0.15, 0.2) is 29.2 Å². The molecule has 1 aliphatic heterocycles. The van der Waals surface area contributed by atoms with E-state index in [4.69, 9.17) is 0 Å². The molecule has 3 nitrogen and oxygen atoms in total. The maximum atomic E-state index is 12.7. The molecule has 1 saturated heterocycles. The first-order chi connectivity index (χ1) is 10.2. The SMILES string of the molecule is Cc1ccc(SCC(=O)N2CCC(O)(C(F)(F)F)CC2)cc1. The number of aryl methyl sites for hydroxylation is 1. The molecule has 0 aliphatic carbocycles. The van der Waals surface area contributed by atoms with Crippen molar-refractivity contribution in [3.63, 3.8) is 0 Å². The Morgan fingerprint density at radius 3 is 2.32 bits per heavy atom. The van der Waals surface area contributed by atoms with Crippen molar-refractivity contribution < 1.29 is 23.1 Å². The second-order valence-electron chi connectivity index (χ2n) is 5.51. The van der Waals surface area contributed by atoms with Gasteiger partial charge in [0.2, 0.25) is 5.91 Å². The summed E-state index contributed by atoms with van der Waals surface area (Å²) in [7, 11) is 0. The maximum absolute atomic E-state index is 12.7. The molecule has 0 bridgehead atoms. The molecule has 1 fully saturated rings. The van der Waals surface area contributed by atoms with Crippen LogP contribution in [-0.2, 0) is 4.79 Å². The lowest BCUT2D eigenvalue weighted by Gasteiger charge is -2.39. The zero-order valence-electron chi connectivity index (χ0n) is 12.2. The van der Waals surface area contributed by atoms with E-state index in [1.165, 1.54) is 16.7 Å². The van der Waals surface area contributed by atoms with Crippen molar-refractivity contribution in [2.75, 3.05) is 18.8 Å². The summed E-state index contributed by atoms with van der Waals surface area (Å²) in [5, 5.41) is 9.57. The topological polar surface area (TPSA) is 40.5 Å². The van der Waals surface area contributed by atoms with Gasteiger partial charge in [-0.25, -0.2) is 0 Å². The van der Waals surface area contributed by atoms with Gasteiger partial charge >= 0.3 is 6.18 Å². The highest BCUT2D eigenvalue weighted by Gasteiger charge is 2.54. The predicted molar refractivity (Wildman–Crippen MR) is 78.7 cm³/mol. The highest BCUT2D eigenvalue weighted by Crippen LogP contribution is 2.38. The Bertz CT molecular complexity index is 523. The van der Waals surface area contributed by atoms with Gasteiger partial charge in [-0.05, 0) is 19.1 Å². The van der Waals surface area contributed by atoms with Crippen LogP contribution in [0.5, 0.6) is 0 Å². The fourth-order valence-corrected chi connectivity index (χ4v) is 3.08. The van der Waals surface area contributed by atoms with Crippen LogP contribution >= 0.6 is 11.8 Å². The highest BCUT2D eigenvalue weighted by molar-refractivity contribution is 8.00. The number of nitrogens with zero attached hydrogens (tertiary/aromatic N) is 1. The van der Waals surface area contributed by atoms with Gasteiger partial charge in [0.15, 0.2) is 5.60 Å². The van der Waals surface area contributed by atoms with Crippen LogP contribution in [0.4, 0.5) is 13.2 Å². The third-order valence-corrected chi connectivity index (χ3v) is 4.85. The quantitative estimate of drug-likeness (QED) is 0.865. The van der Waals surface area contributed by atoms with Crippen LogP contribution in [0.25, 0.3) is 0 Å². The van der Waals surface area contributed by atoms with Gasteiger partial charge in [0.05, 0.1) is 5.75 Å². The van der Waals surface area contributed by atoms with Crippen molar-refractivity contribution in [2.45, 2.75) is 36.4 Å². The number of likely N-dealkylation sites (tertiary alicyclic amines) is 1. The van der Waals surface area contributed by atoms with Gasteiger partial charge in [0.25, 0.3) is 0 Å². The molecular weight excluding hydrogens is 315 g/mol. The molecular formula is C15H18F3NO2S. The second-order valence-corrected chi connectivity index (χ2v) is 6.56. The van der Waals surface area contributed by atoms with E-state index in [1.54, 1.807) is 0 Å². The molecule has 1 heterocycles. The molecule has 0 saturated carbocycles. The summed E-state index contributed by atoms with van der Waals surface area (Å²) in [5.41, 5.74) is -1.54. The molecule has 0 unspecified atom stereocenters. The van der Waals surface area contributed by atoms with E-state index < -0.39 is 24.6 Å². The first-order valence-electron chi connectivity index (χ1n) is 6.98. The van der Waals surface area contributed by atoms with Gasteiger partial charge in [0.1, 0.15) is 0 Å². The molecule has 1 N–H and O–H groups in total. The Hall–Kier alpha value is -1.21. The number of amides is 1. The summed E-state index contributed by atoms with van der Waals surface area (Å²) < 4.78 is 38.1. The molecule has 0 radical (unpaired) electrons. The van der Waals surface area contributed by atoms with Crippen molar-refractivity contribution >= 4 is 17.7 Å². The number of aliphatic hydroxyl groups is 1. The third kappa shape index (κ3) is 3.95. The van der Waals surface area contributed by atoms with Crippen molar-refractivity contribution in [3.05, 3.63) is 29.8 Å². The molecule has 1 aliphatic rings. The third-order valence-electron chi connectivity index (χ3n) is 3.85. The highest BCUT2D eigenvalue weighted by atomic mass is 32.2. The first-order valence-corrected chi connectivity index (χ1v) is 7.96. The van der Waals surface area contributed by atoms with E-state index in [0.29, 0.717) is 0 Å². The summed E-state index contributed by atoms with van der Waals surface area (Å²) >= 11 is 1.36. The summed E-state index contributed by atoms with van der Waals surface area (Å²) in [4.78, 5) is 14.4. The van der Waals surface area contributed by atoms with Crippen molar-refractivity contribution in [3.8, 4) is 0 Å². The molecule has 1 amide bonds. The minimum atomic E-state index is -4.64. The number of piperidine rings is 1. The van der Waals surface area contributed by atoms with Crippen molar-refractivity contribution in [1.82, 2.24) is 4.90 Å². The van der Waals surface area contributed by atoms with Gasteiger partial charge in [-0.1, -0.05) is 17.7 Å². The molecule has 7 heteroatoms. The van der Waals surface area contributed by atoms with Crippen molar-refractivity contribution in [1.29, 1.82) is 0 Å². The van der Waals surface area contributed by atoms with Crippen LogP contribution in [0, 0.1) is 6.92 Å². The fourth-order valence-electron chi connectivity index (χ4n) is 2.28. The normalized spacial score (nSPS) is 18.3. The second kappa shape index (κ2) is 6.50. The summed E-state index contributed by atoms with van der Waals surface area (Å²) in [6, 6.07) is 7.70. The van der Waals surface area contributed by atoms with E-state index in [2.05, 4.69) is 0 Å². The molecule has 122 valence electrons. The molecule has 1 aromatic carbocycles. The Labute approximate surface area is 131 Å². The van der Waals surface area contributed by atoms with E-state index in [9.17, 15) is 23.1 Å². The average Bonchev–Trinajstić information content (AvgIpc) is 2.46. The molecule has 1 aromatic rings. The van der Waals surface area contributed by atoms with E-state index >= 15 is 0 Å². The van der Waals surface area contributed by atoms with Gasteiger partial charge in [0, 0.05) is 30.8 Å². The average molecular weight is 333 g/mol. The first kappa shape index (κ1) is 17.1. The minimum absolute atomic E-state index is 0.0662. The smallest absolute Gasteiger partial charge is 0.380 e. The lowest BCUT2D eigenvalue weighted by atomic mass is 9.91. The van der Waals surface area contributed by atoms with Crippen LogP contribution in [0.3, 0.4) is 0 Å². The Kier molecular flexibility index (Phi) is 5.07. The van der Waals surface area contributed by atoms with E-state index in [-0.39, 0.29) is 24.7 Å². The van der Waals surface area contributed by atoms with E-state index in [0.717, 1.165) is 10.5 Å². The number of rotatable bonds is 3. The van der Waals surface area contributed by atoms with Crippen LogP contribution in [0.2, 0.25) is 0 Å². The number of hydrogen-bond donors (Lipinski definition) is 1.